The van der Waals surface area contributed by atoms with Crippen LogP contribution in [0.25, 0.3) is 10.9 Å². The molecule has 0 bridgehead atoms. The Morgan fingerprint density at radius 3 is 2.71 bits per heavy atom. The molecule has 1 aromatic carbocycles. The smallest absolute Gasteiger partial charge is 0.242 e. The van der Waals surface area contributed by atoms with E-state index in [1.807, 2.05) is 30.5 Å². The summed E-state index contributed by atoms with van der Waals surface area (Å²) in [4.78, 5) is 42.1. The largest absolute Gasteiger partial charge is 0.368 e. The molecule has 3 amide bonds. The second-order valence-corrected chi connectivity index (χ2v) is 6.01. The van der Waals surface area contributed by atoms with Gasteiger partial charge >= 0.3 is 0 Å². The van der Waals surface area contributed by atoms with Crippen LogP contribution in [-0.2, 0) is 20.8 Å². The number of benzene rings is 1. The van der Waals surface area contributed by atoms with Gasteiger partial charge in [0.1, 0.15) is 6.04 Å². The number of hydrogen-bond acceptors (Lipinski definition) is 3. The van der Waals surface area contributed by atoms with Crippen LogP contribution in [0.2, 0.25) is 0 Å². The van der Waals surface area contributed by atoms with Crippen molar-refractivity contribution in [2.24, 2.45) is 5.73 Å². The summed E-state index contributed by atoms with van der Waals surface area (Å²) in [6.45, 7) is 2.33. The van der Waals surface area contributed by atoms with E-state index in [1.165, 1.54) is 11.8 Å². The second-order valence-electron chi connectivity index (χ2n) is 6.01. The molecule has 2 heterocycles. The van der Waals surface area contributed by atoms with Crippen molar-refractivity contribution in [3.05, 3.63) is 36.0 Å². The molecule has 24 heavy (non-hydrogen) atoms. The number of nitrogens with one attached hydrogen (secondary N) is 1. The van der Waals surface area contributed by atoms with Crippen molar-refractivity contribution in [3.8, 4) is 0 Å². The number of aromatic nitrogens is 1. The van der Waals surface area contributed by atoms with Gasteiger partial charge in [0.25, 0.3) is 0 Å². The van der Waals surface area contributed by atoms with Crippen LogP contribution in [0.15, 0.2) is 30.5 Å². The molecule has 1 aliphatic rings. The maximum atomic E-state index is 12.7. The molecule has 2 aromatic rings. The van der Waals surface area contributed by atoms with E-state index in [0.717, 1.165) is 16.5 Å². The van der Waals surface area contributed by atoms with Crippen LogP contribution in [0.5, 0.6) is 0 Å². The maximum Gasteiger partial charge on any atom is 0.242 e. The number of hydrogen-bond donors (Lipinski definition) is 2. The predicted molar refractivity (Wildman–Crippen MR) is 89.0 cm³/mol. The summed E-state index contributed by atoms with van der Waals surface area (Å²) in [5.74, 6) is -0.870. The van der Waals surface area contributed by atoms with Crippen molar-refractivity contribution in [2.75, 3.05) is 19.6 Å². The molecule has 1 fully saturated rings. The first kappa shape index (κ1) is 16.0. The van der Waals surface area contributed by atoms with Gasteiger partial charge in [-0.2, -0.15) is 0 Å². The van der Waals surface area contributed by atoms with Crippen molar-refractivity contribution in [2.45, 2.75) is 19.4 Å². The van der Waals surface area contributed by atoms with Crippen LogP contribution in [0.1, 0.15) is 12.5 Å². The van der Waals surface area contributed by atoms with Crippen LogP contribution in [-0.4, -0.2) is 58.2 Å². The summed E-state index contributed by atoms with van der Waals surface area (Å²) in [6, 6.07) is 6.96. The number of rotatable bonds is 3. The molecule has 0 saturated carbocycles. The molecule has 0 spiro atoms. The van der Waals surface area contributed by atoms with Crippen LogP contribution in [0, 0.1) is 0 Å². The van der Waals surface area contributed by atoms with Crippen molar-refractivity contribution < 1.29 is 14.4 Å². The number of fused-ring (bicyclic) bond motifs is 1. The lowest BCUT2D eigenvalue weighted by atomic mass is 10.1. The first-order chi connectivity index (χ1) is 11.5. The van der Waals surface area contributed by atoms with Gasteiger partial charge in [0.15, 0.2) is 0 Å². The fourth-order valence-corrected chi connectivity index (χ4v) is 3.15. The fraction of sp³-hybridized carbons (Fsp3) is 0.353. The molecule has 0 unspecified atom stereocenters. The van der Waals surface area contributed by atoms with Gasteiger partial charge in [-0.3, -0.25) is 14.4 Å². The average molecular weight is 328 g/mol. The Morgan fingerprint density at radius 2 is 2.00 bits per heavy atom. The standard InChI is InChI=1S/C17H20N4O3/c1-11(22)20-6-7-21(15(10-20)17(18)24)16(23)8-12-9-19-14-5-3-2-4-13(12)14/h2-5,9,15,19H,6-8,10H2,1H3,(H2,18,24)/t15-/m0/s1. The topological polar surface area (TPSA) is 99.5 Å². The van der Waals surface area contributed by atoms with Crippen LogP contribution >= 0.6 is 0 Å². The van der Waals surface area contributed by atoms with Gasteiger partial charge < -0.3 is 20.5 Å². The maximum absolute atomic E-state index is 12.7. The Kier molecular flexibility index (Phi) is 4.24. The molecule has 126 valence electrons. The van der Waals surface area contributed by atoms with Crippen molar-refractivity contribution in [3.63, 3.8) is 0 Å². The number of carbonyl (C=O) groups excluding carboxylic acids is 3. The van der Waals surface area contributed by atoms with E-state index >= 15 is 0 Å². The second kappa shape index (κ2) is 6.35. The molecular formula is C17H20N4O3. The number of piperazine rings is 1. The first-order valence-corrected chi connectivity index (χ1v) is 7.86. The van der Waals surface area contributed by atoms with Crippen molar-refractivity contribution in [1.82, 2.24) is 14.8 Å². The molecule has 1 saturated heterocycles. The first-order valence-electron chi connectivity index (χ1n) is 7.86. The normalized spacial score (nSPS) is 18.0. The minimum Gasteiger partial charge on any atom is -0.368 e. The highest BCUT2D eigenvalue weighted by atomic mass is 16.2. The molecule has 3 N–H and O–H groups in total. The summed E-state index contributed by atoms with van der Waals surface area (Å²) >= 11 is 0. The molecule has 1 atom stereocenters. The van der Waals surface area contributed by atoms with E-state index < -0.39 is 11.9 Å². The third-order valence-electron chi connectivity index (χ3n) is 4.49. The van der Waals surface area contributed by atoms with E-state index in [1.54, 1.807) is 4.90 Å². The molecule has 0 radical (unpaired) electrons. The Balaban J connectivity index is 1.78. The number of para-hydroxylation sites is 1. The zero-order valence-corrected chi connectivity index (χ0v) is 13.5. The summed E-state index contributed by atoms with van der Waals surface area (Å²) in [7, 11) is 0. The third-order valence-corrected chi connectivity index (χ3v) is 4.49. The number of primary amides is 1. The summed E-state index contributed by atoms with van der Waals surface area (Å²) < 4.78 is 0. The van der Waals surface area contributed by atoms with Gasteiger partial charge in [0.2, 0.25) is 17.7 Å². The Bertz CT molecular complexity index is 798. The van der Waals surface area contributed by atoms with Gasteiger partial charge in [-0.25, -0.2) is 0 Å². The number of nitrogens with zero attached hydrogens (tertiary/aromatic N) is 2. The minimum absolute atomic E-state index is 0.120. The zero-order chi connectivity index (χ0) is 17.3. The molecule has 1 aromatic heterocycles. The zero-order valence-electron chi connectivity index (χ0n) is 13.5. The number of H-pyrrole nitrogens is 1. The van der Waals surface area contributed by atoms with Gasteiger partial charge in [-0.1, -0.05) is 18.2 Å². The van der Waals surface area contributed by atoms with E-state index in [-0.39, 0.29) is 24.8 Å². The SMILES string of the molecule is CC(=O)N1CCN(C(=O)Cc2c[nH]c3ccccc23)[C@H](C(N)=O)C1. The predicted octanol–water partition coefficient (Wildman–Crippen LogP) is 0.255. The lowest BCUT2D eigenvalue weighted by molar-refractivity contribution is -0.146. The highest BCUT2D eigenvalue weighted by molar-refractivity contribution is 5.92. The van der Waals surface area contributed by atoms with Crippen LogP contribution < -0.4 is 5.73 Å². The van der Waals surface area contributed by atoms with Gasteiger partial charge in [-0.05, 0) is 11.6 Å². The van der Waals surface area contributed by atoms with Gasteiger partial charge in [-0.15, -0.1) is 0 Å². The lowest BCUT2D eigenvalue weighted by Gasteiger charge is -2.39. The van der Waals surface area contributed by atoms with Crippen LogP contribution in [0.3, 0.4) is 0 Å². The highest BCUT2D eigenvalue weighted by Gasteiger charge is 2.34. The molecule has 1 aliphatic heterocycles. The Labute approximate surface area is 139 Å². The van der Waals surface area contributed by atoms with E-state index in [4.69, 9.17) is 5.73 Å². The van der Waals surface area contributed by atoms with Crippen LogP contribution in [0.4, 0.5) is 0 Å². The monoisotopic (exact) mass is 328 g/mol. The number of carbonyl (C=O) groups is 3. The summed E-state index contributed by atoms with van der Waals surface area (Å²) in [5.41, 5.74) is 7.29. The Hall–Kier alpha value is -2.83. The summed E-state index contributed by atoms with van der Waals surface area (Å²) in [6.07, 6.45) is 2.00. The third kappa shape index (κ3) is 2.97. The van der Waals surface area contributed by atoms with Crippen molar-refractivity contribution in [1.29, 1.82) is 0 Å². The fourth-order valence-electron chi connectivity index (χ4n) is 3.15. The molecule has 7 heteroatoms. The highest BCUT2D eigenvalue weighted by Crippen LogP contribution is 2.20. The number of aromatic amines is 1. The van der Waals surface area contributed by atoms with E-state index in [0.29, 0.717) is 13.1 Å². The molecular weight excluding hydrogens is 308 g/mol. The summed E-state index contributed by atoms with van der Waals surface area (Å²) in [5, 5.41) is 0.990. The average Bonchev–Trinajstić information content (AvgIpc) is 2.97. The van der Waals surface area contributed by atoms with Gasteiger partial charge in [0.05, 0.1) is 13.0 Å². The molecule has 0 aliphatic carbocycles. The van der Waals surface area contributed by atoms with E-state index in [9.17, 15) is 14.4 Å². The molecule has 3 rings (SSSR count). The lowest BCUT2D eigenvalue weighted by Crippen LogP contribution is -2.60. The number of nitrogens with two attached hydrogens (primary N) is 1. The quantitative estimate of drug-likeness (QED) is 0.845. The van der Waals surface area contributed by atoms with E-state index in [2.05, 4.69) is 4.98 Å². The Morgan fingerprint density at radius 1 is 1.25 bits per heavy atom. The number of amides is 3. The van der Waals surface area contributed by atoms with Crippen molar-refractivity contribution >= 4 is 28.6 Å². The van der Waals surface area contributed by atoms with Gasteiger partial charge in [0, 0.05) is 37.1 Å². The minimum atomic E-state index is -0.777. The molecule has 7 nitrogen and oxygen atoms in total.